The number of carbonyl (C=O) groups is 1. The first-order valence-corrected chi connectivity index (χ1v) is 6.72. The zero-order valence-corrected chi connectivity index (χ0v) is 11.9. The molecule has 0 fully saturated rings. The van der Waals surface area contributed by atoms with Crippen LogP contribution in [0.15, 0.2) is 24.3 Å². The van der Waals surface area contributed by atoms with Crippen LogP contribution in [0, 0.1) is 0 Å². The van der Waals surface area contributed by atoms with Crippen LogP contribution in [0.25, 0.3) is 0 Å². The standard InChI is InChI=1S/C12H8ClF3N2O2S/c13-11-18-10(8(21-11)9(17)19)20-5-6-3-1-2-4-7(6)12(14,15)16/h1-4H,5H2,(H2,17,19). The third-order valence-corrected chi connectivity index (χ3v) is 3.64. The van der Waals surface area contributed by atoms with E-state index in [1.807, 2.05) is 0 Å². The van der Waals surface area contributed by atoms with Gasteiger partial charge in [0.25, 0.3) is 5.91 Å². The van der Waals surface area contributed by atoms with Gasteiger partial charge in [-0.25, -0.2) is 0 Å². The van der Waals surface area contributed by atoms with Crippen LogP contribution in [0.2, 0.25) is 4.47 Å². The number of aromatic nitrogens is 1. The van der Waals surface area contributed by atoms with E-state index in [1.165, 1.54) is 18.2 Å². The number of amides is 1. The maximum Gasteiger partial charge on any atom is 0.416 e. The van der Waals surface area contributed by atoms with Gasteiger partial charge in [-0.2, -0.15) is 18.2 Å². The molecular formula is C12H8ClF3N2O2S. The lowest BCUT2D eigenvalue weighted by Gasteiger charge is -2.12. The molecule has 1 aromatic carbocycles. The van der Waals surface area contributed by atoms with Crippen LogP contribution in [-0.2, 0) is 12.8 Å². The van der Waals surface area contributed by atoms with Crippen molar-refractivity contribution >= 4 is 28.8 Å². The average Bonchev–Trinajstić information content (AvgIpc) is 2.77. The number of rotatable bonds is 4. The highest BCUT2D eigenvalue weighted by molar-refractivity contribution is 7.17. The number of ether oxygens (including phenoxy) is 1. The summed E-state index contributed by atoms with van der Waals surface area (Å²) in [6, 6.07) is 4.96. The van der Waals surface area contributed by atoms with Crippen LogP contribution in [0.3, 0.4) is 0 Å². The maximum atomic E-state index is 12.8. The summed E-state index contributed by atoms with van der Waals surface area (Å²) in [6.07, 6.45) is -4.49. The SMILES string of the molecule is NC(=O)c1sc(Cl)nc1OCc1ccccc1C(F)(F)F. The minimum atomic E-state index is -4.49. The number of hydrogen-bond donors (Lipinski definition) is 1. The molecule has 2 rings (SSSR count). The molecule has 1 amide bonds. The maximum absolute atomic E-state index is 12.8. The molecule has 0 aliphatic rings. The van der Waals surface area contributed by atoms with E-state index in [4.69, 9.17) is 22.1 Å². The van der Waals surface area contributed by atoms with Crippen molar-refractivity contribution in [1.29, 1.82) is 0 Å². The Hall–Kier alpha value is -1.80. The number of alkyl halides is 3. The molecule has 21 heavy (non-hydrogen) atoms. The van der Waals surface area contributed by atoms with Crippen molar-refractivity contribution in [3.63, 3.8) is 0 Å². The van der Waals surface area contributed by atoms with Gasteiger partial charge in [-0.15, -0.1) is 0 Å². The van der Waals surface area contributed by atoms with E-state index in [9.17, 15) is 18.0 Å². The number of benzene rings is 1. The lowest BCUT2D eigenvalue weighted by atomic mass is 10.1. The monoisotopic (exact) mass is 336 g/mol. The van der Waals surface area contributed by atoms with Crippen molar-refractivity contribution in [2.24, 2.45) is 5.73 Å². The minimum Gasteiger partial charge on any atom is -0.472 e. The number of thiazole rings is 1. The van der Waals surface area contributed by atoms with Crippen molar-refractivity contribution in [1.82, 2.24) is 4.98 Å². The van der Waals surface area contributed by atoms with Crippen molar-refractivity contribution in [2.75, 3.05) is 0 Å². The number of carbonyl (C=O) groups excluding carboxylic acids is 1. The highest BCUT2D eigenvalue weighted by Gasteiger charge is 2.33. The second-order valence-corrected chi connectivity index (χ2v) is 5.49. The Labute approximate surface area is 126 Å². The summed E-state index contributed by atoms with van der Waals surface area (Å²) in [4.78, 5) is 14.8. The smallest absolute Gasteiger partial charge is 0.416 e. The summed E-state index contributed by atoms with van der Waals surface area (Å²) in [5.41, 5.74) is 4.22. The first-order chi connectivity index (χ1) is 9.79. The molecule has 2 N–H and O–H groups in total. The van der Waals surface area contributed by atoms with Crippen LogP contribution in [0.5, 0.6) is 5.88 Å². The number of nitrogens with zero attached hydrogens (tertiary/aromatic N) is 1. The van der Waals surface area contributed by atoms with Gasteiger partial charge in [0.1, 0.15) is 6.61 Å². The molecule has 9 heteroatoms. The fourth-order valence-electron chi connectivity index (χ4n) is 1.60. The Morgan fingerprint density at radius 1 is 1.38 bits per heavy atom. The van der Waals surface area contributed by atoms with Gasteiger partial charge in [0.15, 0.2) is 9.34 Å². The predicted octanol–water partition coefficient (Wildman–Crippen LogP) is 3.49. The summed E-state index contributed by atoms with van der Waals surface area (Å²) in [7, 11) is 0. The van der Waals surface area contributed by atoms with Gasteiger partial charge in [-0.3, -0.25) is 4.79 Å². The summed E-state index contributed by atoms with van der Waals surface area (Å²) >= 11 is 6.43. The molecular weight excluding hydrogens is 329 g/mol. The molecule has 0 saturated carbocycles. The van der Waals surface area contributed by atoms with E-state index in [2.05, 4.69) is 4.98 Å². The zero-order valence-electron chi connectivity index (χ0n) is 10.3. The third-order valence-electron chi connectivity index (χ3n) is 2.48. The Morgan fingerprint density at radius 3 is 2.67 bits per heavy atom. The number of nitrogens with two attached hydrogens (primary N) is 1. The highest BCUT2D eigenvalue weighted by Crippen LogP contribution is 2.33. The van der Waals surface area contributed by atoms with Crippen LogP contribution in [-0.4, -0.2) is 10.9 Å². The fourth-order valence-corrected chi connectivity index (χ4v) is 2.50. The first-order valence-electron chi connectivity index (χ1n) is 5.53. The fraction of sp³-hybridized carbons (Fsp3) is 0.167. The lowest BCUT2D eigenvalue weighted by Crippen LogP contribution is -2.13. The summed E-state index contributed by atoms with van der Waals surface area (Å²) in [5, 5.41) is 0. The van der Waals surface area contributed by atoms with Crippen molar-refractivity contribution < 1.29 is 22.7 Å². The second kappa shape index (κ2) is 5.90. The largest absolute Gasteiger partial charge is 0.472 e. The van der Waals surface area contributed by atoms with Crippen LogP contribution >= 0.6 is 22.9 Å². The van der Waals surface area contributed by atoms with E-state index in [1.54, 1.807) is 0 Å². The predicted molar refractivity (Wildman–Crippen MR) is 71.4 cm³/mol. The van der Waals surface area contributed by atoms with E-state index >= 15 is 0 Å². The number of halogens is 4. The van der Waals surface area contributed by atoms with Gasteiger partial charge < -0.3 is 10.5 Å². The van der Waals surface area contributed by atoms with Crippen molar-refractivity contribution in [3.05, 3.63) is 44.7 Å². The molecule has 112 valence electrons. The van der Waals surface area contributed by atoms with Crippen LogP contribution in [0.1, 0.15) is 20.8 Å². The second-order valence-electron chi connectivity index (χ2n) is 3.91. The molecule has 0 saturated heterocycles. The summed E-state index contributed by atoms with van der Waals surface area (Å²) < 4.78 is 43.6. The molecule has 0 spiro atoms. The van der Waals surface area contributed by atoms with Crippen LogP contribution < -0.4 is 10.5 Å². The molecule has 0 bridgehead atoms. The average molecular weight is 337 g/mol. The van der Waals surface area contributed by atoms with Gasteiger partial charge in [-0.1, -0.05) is 41.1 Å². The van der Waals surface area contributed by atoms with Crippen LogP contribution in [0.4, 0.5) is 13.2 Å². The molecule has 4 nitrogen and oxygen atoms in total. The Morgan fingerprint density at radius 2 is 2.05 bits per heavy atom. The Bertz CT molecular complexity index is 673. The quantitative estimate of drug-likeness (QED) is 0.929. The first kappa shape index (κ1) is 15.6. The highest BCUT2D eigenvalue weighted by atomic mass is 35.5. The molecule has 0 unspecified atom stereocenters. The van der Waals surface area contributed by atoms with Gasteiger partial charge in [0.2, 0.25) is 5.88 Å². The summed E-state index contributed by atoms with van der Waals surface area (Å²) in [6.45, 7) is -0.407. The molecule has 1 aromatic heterocycles. The Kier molecular flexibility index (Phi) is 4.38. The van der Waals surface area contributed by atoms with E-state index in [0.29, 0.717) is 0 Å². The number of hydrogen-bond acceptors (Lipinski definition) is 4. The topological polar surface area (TPSA) is 65.2 Å². The Balaban J connectivity index is 2.24. The van der Waals surface area contributed by atoms with Gasteiger partial charge in [-0.05, 0) is 6.07 Å². The van der Waals surface area contributed by atoms with Crippen molar-refractivity contribution in [2.45, 2.75) is 12.8 Å². The van der Waals surface area contributed by atoms with E-state index in [-0.39, 0.29) is 20.8 Å². The molecule has 0 radical (unpaired) electrons. The lowest BCUT2D eigenvalue weighted by molar-refractivity contribution is -0.138. The minimum absolute atomic E-state index is 0.0166. The molecule has 2 aromatic rings. The normalized spacial score (nSPS) is 11.4. The van der Waals surface area contributed by atoms with Crippen molar-refractivity contribution in [3.8, 4) is 5.88 Å². The summed E-state index contributed by atoms with van der Waals surface area (Å²) in [5.74, 6) is -0.979. The van der Waals surface area contributed by atoms with Gasteiger partial charge in [0.05, 0.1) is 5.56 Å². The molecule has 1 heterocycles. The molecule has 0 aliphatic heterocycles. The zero-order chi connectivity index (χ0) is 15.6. The number of primary amides is 1. The van der Waals surface area contributed by atoms with Gasteiger partial charge in [0, 0.05) is 5.56 Å². The van der Waals surface area contributed by atoms with Gasteiger partial charge >= 0.3 is 6.18 Å². The van der Waals surface area contributed by atoms with E-state index in [0.717, 1.165) is 17.4 Å². The van der Waals surface area contributed by atoms with E-state index < -0.39 is 24.3 Å². The third kappa shape index (κ3) is 3.64. The molecule has 0 aliphatic carbocycles. The molecule has 0 atom stereocenters.